The molecule has 4 rings (SSSR count). The van der Waals surface area contributed by atoms with Crippen LogP contribution in [0.5, 0.6) is 0 Å². The number of aromatic nitrogens is 2. The maximum absolute atomic E-state index is 12.2. The summed E-state index contributed by atoms with van der Waals surface area (Å²) in [4.78, 5) is 16.8. The Morgan fingerprint density at radius 1 is 1.24 bits per heavy atom. The van der Waals surface area contributed by atoms with Crippen LogP contribution >= 0.6 is 22.9 Å². The molecule has 0 aliphatic heterocycles. The first-order valence-corrected chi connectivity index (χ1v) is 8.97. The zero-order chi connectivity index (χ0) is 17.4. The Balaban J connectivity index is 1.49. The van der Waals surface area contributed by atoms with Crippen LogP contribution in [0, 0.1) is 6.92 Å². The summed E-state index contributed by atoms with van der Waals surface area (Å²) in [7, 11) is 0. The molecule has 25 heavy (non-hydrogen) atoms. The monoisotopic (exact) mass is 370 g/mol. The molecule has 7 heteroatoms. The van der Waals surface area contributed by atoms with Gasteiger partial charge in [-0.3, -0.25) is 5.32 Å². The molecular formula is C18H15ClN4OS. The molecular weight excluding hydrogens is 356 g/mol. The van der Waals surface area contributed by atoms with Crippen molar-refractivity contribution in [3.05, 3.63) is 65.2 Å². The van der Waals surface area contributed by atoms with Gasteiger partial charge in [-0.1, -0.05) is 35.9 Å². The van der Waals surface area contributed by atoms with Gasteiger partial charge >= 0.3 is 6.03 Å². The van der Waals surface area contributed by atoms with Gasteiger partial charge in [-0.15, -0.1) is 11.3 Å². The predicted molar refractivity (Wildman–Crippen MR) is 103 cm³/mol. The number of rotatable bonds is 3. The van der Waals surface area contributed by atoms with E-state index in [-0.39, 0.29) is 6.03 Å². The van der Waals surface area contributed by atoms with Gasteiger partial charge in [0.05, 0.1) is 22.8 Å². The Morgan fingerprint density at radius 3 is 2.88 bits per heavy atom. The fourth-order valence-electron chi connectivity index (χ4n) is 2.80. The van der Waals surface area contributed by atoms with Crippen LogP contribution in [0.15, 0.2) is 48.7 Å². The number of nitrogens with zero attached hydrogens (tertiary/aromatic N) is 2. The first-order valence-electron chi connectivity index (χ1n) is 7.78. The standard InChI is InChI=1S/C18H15ClN4OS/c1-11-21-13(14-7-4-5-9-23(11)14)10-20-18(24)22-17-16(19)12-6-2-3-8-15(12)25-17/h2-9H,10H2,1H3,(H2,20,22,24). The molecule has 5 nitrogen and oxygen atoms in total. The van der Waals surface area contributed by atoms with Gasteiger partial charge in [0.1, 0.15) is 10.8 Å². The molecule has 4 aromatic rings. The van der Waals surface area contributed by atoms with Crippen molar-refractivity contribution in [1.29, 1.82) is 0 Å². The second-order valence-corrected chi connectivity index (χ2v) is 7.04. The number of hydrogen-bond acceptors (Lipinski definition) is 3. The van der Waals surface area contributed by atoms with E-state index in [1.807, 2.05) is 60.0 Å². The van der Waals surface area contributed by atoms with E-state index in [0.29, 0.717) is 16.6 Å². The molecule has 3 aromatic heterocycles. The van der Waals surface area contributed by atoms with Crippen molar-refractivity contribution < 1.29 is 4.79 Å². The largest absolute Gasteiger partial charge is 0.332 e. The molecule has 0 saturated carbocycles. The van der Waals surface area contributed by atoms with E-state index in [2.05, 4.69) is 15.6 Å². The molecule has 0 aliphatic carbocycles. The summed E-state index contributed by atoms with van der Waals surface area (Å²) in [5.74, 6) is 0.889. The number of benzene rings is 1. The number of fused-ring (bicyclic) bond motifs is 2. The van der Waals surface area contributed by atoms with Gasteiger partial charge in [-0.05, 0) is 25.1 Å². The van der Waals surface area contributed by atoms with E-state index in [4.69, 9.17) is 11.6 Å². The quantitative estimate of drug-likeness (QED) is 0.542. The van der Waals surface area contributed by atoms with Crippen molar-refractivity contribution in [3.63, 3.8) is 0 Å². The average Bonchev–Trinajstić information content (AvgIpc) is 3.11. The fourth-order valence-corrected chi connectivity index (χ4v) is 4.18. The van der Waals surface area contributed by atoms with Crippen molar-refractivity contribution in [1.82, 2.24) is 14.7 Å². The number of pyridine rings is 1. The van der Waals surface area contributed by atoms with Gasteiger partial charge in [0.15, 0.2) is 0 Å². The summed E-state index contributed by atoms with van der Waals surface area (Å²) in [6.45, 7) is 2.28. The van der Waals surface area contributed by atoms with Crippen LogP contribution in [0.4, 0.5) is 9.80 Å². The van der Waals surface area contributed by atoms with Crippen LogP contribution in [0.2, 0.25) is 5.02 Å². The summed E-state index contributed by atoms with van der Waals surface area (Å²) in [6.07, 6.45) is 1.96. The Morgan fingerprint density at radius 2 is 2.04 bits per heavy atom. The van der Waals surface area contributed by atoms with Gasteiger partial charge in [0.2, 0.25) is 0 Å². The zero-order valence-corrected chi connectivity index (χ0v) is 15.0. The Hall–Kier alpha value is -2.57. The van der Waals surface area contributed by atoms with Crippen molar-refractivity contribution in [2.24, 2.45) is 0 Å². The second kappa shape index (κ2) is 6.38. The molecule has 1 aromatic carbocycles. The van der Waals surface area contributed by atoms with Crippen molar-refractivity contribution in [2.45, 2.75) is 13.5 Å². The maximum atomic E-state index is 12.2. The maximum Gasteiger partial charge on any atom is 0.320 e. The third kappa shape index (κ3) is 2.94. The summed E-state index contributed by atoms with van der Waals surface area (Å²) >= 11 is 7.81. The lowest BCUT2D eigenvalue weighted by atomic mass is 10.3. The van der Waals surface area contributed by atoms with Gasteiger partial charge < -0.3 is 9.72 Å². The van der Waals surface area contributed by atoms with E-state index < -0.39 is 0 Å². The molecule has 2 N–H and O–H groups in total. The van der Waals surface area contributed by atoms with Crippen LogP contribution in [0.1, 0.15) is 11.5 Å². The normalized spacial score (nSPS) is 11.1. The minimum Gasteiger partial charge on any atom is -0.332 e. The van der Waals surface area contributed by atoms with Crippen LogP contribution < -0.4 is 10.6 Å². The number of carbonyl (C=O) groups is 1. The highest BCUT2D eigenvalue weighted by atomic mass is 35.5. The molecule has 0 atom stereocenters. The highest BCUT2D eigenvalue weighted by Crippen LogP contribution is 2.39. The molecule has 0 fully saturated rings. The molecule has 0 aliphatic rings. The van der Waals surface area contributed by atoms with Crippen LogP contribution in [0.3, 0.4) is 0 Å². The molecule has 0 saturated heterocycles. The minimum atomic E-state index is -0.303. The SMILES string of the molecule is Cc1nc(CNC(=O)Nc2sc3ccccc3c2Cl)c2ccccn12. The van der Waals surface area contributed by atoms with E-state index in [1.54, 1.807) is 0 Å². The van der Waals surface area contributed by atoms with Gasteiger partial charge in [-0.2, -0.15) is 0 Å². The molecule has 2 amide bonds. The summed E-state index contributed by atoms with van der Waals surface area (Å²) < 4.78 is 3.04. The summed E-state index contributed by atoms with van der Waals surface area (Å²) in [5, 5.41) is 7.83. The van der Waals surface area contributed by atoms with Crippen molar-refractivity contribution in [3.8, 4) is 0 Å². The number of imidazole rings is 1. The predicted octanol–water partition coefficient (Wildman–Crippen LogP) is 4.83. The third-order valence-electron chi connectivity index (χ3n) is 3.98. The molecule has 0 unspecified atom stereocenters. The number of urea groups is 1. The fraction of sp³-hybridized carbons (Fsp3) is 0.111. The first kappa shape index (κ1) is 15.9. The average molecular weight is 371 g/mol. The van der Waals surface area contributed by atoms with Crippen molar-refractivity contribution in [2.75, 3.05) is 5.32 Å². The Bertz CT molecular complexity index is 1090. The van der Waals surface area contributed by atoms with Crippen LogP contribution in [-0.2, 0) is 6.54 Å². The number of aryl methyl sites for hydroxylation is 1. The number of thiophene rings is 1. The minimum absolute atomic E-state index is 0.303. The molecule has 0 bridgehead atoms. The van der Waals surface area contributed by atoms with Crippen LogP contribution in [-0.4, -0.2) is 15.4 Å². The highest BCUT2D eigenvalue weighted by molar-refractivity contribution is 7.23. The number of nitrogens with one attached hydrogen (secondary N) is 2. The summed E-state index contributed by atoms with van der Waals surface area (Å²) in [5.41, 5.74) is 1.82. The lowest BCUT2D eigenvalue weighted by Crippen LogP contribution is -2.28. The lowest BCUT2D eigenvalue weighted by molar-refractivity contribution is 0.251. The Kier molecular flexibility index (Phi) is 4.07. The third-order valence-corrected chi connectivity index (χ3v) is 5.57. The number of amides is 2. The molecule has 126 valence electrons. The highest BCUT2D eigenvalue weighted by Gasteiger charge is 2.13. The summed E-state index contributed by atoms with van der Waals surface area (Å²) in [6, 6.07) is 13.4. The molecule has 0 spiro atoms. The van der Waals surface area contributed by atoms with Gasteiger partial charge in [0, 0.05) is 16.3 Å². The van der Waals surface area contributed by atoms with E-state index in [1.165, 1.54) is 11.3 Å². The Labute approximate surface area is 153 Å². The zero-order valence-electron chi connectivity index (χ0n) is 13.4. The van der Waals surface area contributed by atoms with Crippen molar-refractivity contribution >= 4 is 49.6 Å². The van der Waals surface area contributed by atoms with Crippen LogP contribution in [0.25, 0.3) is 15.6 Å². The lowest BCUT2D eigenvalue weighted by Gasteiger charge is -2.05. The van der Waals surface area contributed by atoms with E-state index in [0.717, 1.165) is 27.1 Å². The molecule has 0 radical (unpaired) electrons. The number of hydrogen-bond donors (Lipinski definition) is 2. The second-order valence-electron chi connectivity index (χ2n) is 5.61. The number of anilines is 1. The topological polar surface area (TPSA) is 58.4 Å². The van der Waals surface area contributed by atoms with Gasteiger partial charge in [0.25, 0.3) is 0 Å². The smallest absolute Gasteiger partial charge is 0.320 e. The molecule has 3 heterocycles. The first-order chi connectivity index (χ1) is 12.1. The van der Waals surface area contributed by atoms with E-state index in [9.17, 15) is 4.79 Å². The van der Waals surface area contributed by atoms with Gasteiger partial charge in [-0.25, -0.2) is 9.78 Å². The number of halogens is 1. The van der Waals surface area contributed by atoms with E-state index >= 15 is 0 Å². The number of carbonyl (C=O) groups excluding carboxylic acids is 1.